The number of nitrogens with one attached hydrogen (secondary N) is 1. The maximum atomic E-state index is 3.37. The van der Waals surface area contributed by atoms with E-state index in [0.29, 0.717) is 0 Å². The number of hydrogen-bond acceptors (Lipinski definition) is 1. The maximum Gasteiger partial charge on any atom is -0.00209 e. The minimum Gasteiger partial charge on any atom is -0.319 e. The summed E-state index contributed by atoms with van der Waals surface area (Å²) in [5, 5.41) is 3.37. The Morgan fingerprint density at radius 2 is 1.93 bits per heavy atom. The van der Waals surface area contributed by atoms with Gasteiger partial charge in [0, 0.05) is 0 Å². The highest BCUT2D eigenvalue weighted by molar-refractivity contribution is 4.81. The summed E-state index contributed by atoms with van der Waals surface area (Å²) < 4.78 is 0. The molecule has 0 saturated heterocycles. The lowest BCUT2D eigenvalue weighted by atomic mass is 9.70. The zero-order chi connectivity index (χ0) is 11.3. The third-order valence-electron chi connectivity index (χ3n) is 4.07. The summed E-state index contributed by atoms with van der Waals surface area (Å²) in [6.07, 6.45) is 7.24. The standard InChI is InChI=1S/C14H29N/c1-5-12-6-7-13(10-15-4)14(9-12)8-11(2)3/h11-15H,5-10H2,1-4H3. The van der Waals surface area contributed by atoms with Crippen LogP contribution in [0.4, 0.5) is 0 Å². The molecule has 0 amide bonds. The van der Waals surface area contributed by atoms with E-state index in [1.54, 1.807) is 0 Å². The van der Waals surface area contributed by atoms with Crippen molar-refractivity contribution in [3.8, 4) is 0 Å². The largest absolute Gasteiger partial charge is 0.319 e. The molecule has 0 aliphatic heterocycles. The third kappa shape index (κ3) is 4.14. The molecule has 0 bridgehead atoms. The Morgan fingerprint density at radius 3 is 2.47 bits per heavy atom. The highest BCUT2D eigenvalue weighted by Gasteiger charge is 2.29. The van der Waals surface area contributed by atoms with Gasteiger partial charge in [0.15, 0.2) is 0 Å². The Balaban J connectivity index is 2.48. The van der Waals surface area contributed by atoms with Crippen molar-refractivity contribution < 1.29 is 0 Å². The van der Waals surface area contributed by atoms with Crippen molar-refractivity contribution in [2.24, 2.45) is 23.7 Å². The first-order valence-corrected chi connectivity index (χ1v) is 6.81. The molecule has 1 fully saturated rings. The van der Waals surface area contributed by atoms with E-state index in [1.165, 1.54) is 38.6 Å². The lowest BCUT2D eigenvalue weighted by Gasteiger charge is -2.37. The molecule has 3 unspecified atom stereocenters. The molecule has 0 aromatic carbocycles. The molecule has 0 spiro atoms. The fraction of sp³-hybridized carbons (Fsp3) is 1.00. The molecule has 1 rings (SSSR count). The van der Waals surface area contributed by atoms with Crippen molar-refractivity contribution in [3.63, 3.8) is 0 Å². The average molecular weight is 211 g/mol. The summed E-state index contributed by atoms with van der Waals surface area (Å²) in [4.78, 5) is 0. The van der Waals surface area contributed by atoms with Gasteiger partial charge in [-0.25, -0.2) is 0 Å². The van der Waals surface area contributed by atoms with Crippen LogP contribution in [0.1, 0.15) is 52.9 Å². The van der Waals surface area contributed by atoms with Crippen molar-refractivity contribution in [1.29, 1.82) is 0 Å². The summed E-state index contributed by atoms with van der Waals surface area (Å²) in [5.41, 5.74) is 0. The van der Waals surface area contributed by atoms with Crippen molar-refractivity contribution in [1.82, 2.24) is 5.32 Å². The first-order chi connectivity index (χ1) is 7.17. The van der Waals surface area contributed by atoms with Crippen LogP contribution >= 0.6 is 0 Å². The van der Waals surface area contributed by atoms with Crippen LogP contribution in [-0.4, -0.2) is 13.6 Å². The van der Waals surface area contributed by atoms with Gasteiger partial charge in [0.1, 0.15) is 0 Å². The zero-order valence-electron chi connectivity index (χ0n) is 11.1. The number of hydrogen-bond donors (Lipinski definition) is 1. The lowest BCUT2D eigenvalue weighted by Crippen LogP contribution is -2.32. The summed E-state index contributed by atoms with van der Waals surface area (Å²) in [6, 6.07) is 0. The molecule has 0 aromatic rings. The molecule has 0 heterocycles. The van der Waals surface area contributed by atoms with Gasteiger partial charge in [-0.3, -0.25) is 0 Å². The van der Waals surface area contributed by atoms with Gasteiger partial charge in [-0.05, 0) is 56.5 Å². The van der Waals surface area contributed by atoms with Crippen molar-refractivity contribution >= 4 is 0 Å². The van der Waals surface area contributed by atoms with Gasteiger partial charge in [-0.2, -0.15) is 0 Å². The van der Waals surface area contributed by atoms with Crippen LogP contribution in [-0.2, 0) is 0 Å². The monoisotopic (exact) mass is 211 g/mol. The molecule has 1 saturated carbocycles. The quantitative estimate of drug-likeness (QED) is 0.731. The lowest BCUT2D eigenvalue weighted by molar-refractivity contribution is 0.152. The van der Waals surface area contributed by atoms with Gasteiger partial charge >= 0.3 is 0 Å². The van der Waals surface area contributed by atoms with Crippen LogP contribution in [0.15, 0.2) is 0 Å². The van der Waals surface area contributed by atoms with Gasteiger partial charge in [0.25, 0.3) is 0 Å². The molecule has 90 valence electrons. The van der Waals surface area contributed by atoms with E-state index >= 15 is 0 Å². The van der Waals surface area contributed by atoms with Crippen molar-refractivity contribution in [3.05, 3.63) is 0 Å². The molecule has 1 aliphatic carbocycles. The molecule has 1 aliphatic rings. The van der Waals surface area contributed by atoms with Crippen LogP contribution in [0.3, 0.4) is 0 Å². The molecule has 1 nitrogen and oxygen atoms in total. The molecule has 0 radical (unpaired) electrons. The minimum absolute atomic E-state index is 0.866. The first kappa shape index (κ1) is 13.0. The number of rotatable bonds is 5. The minimum atomic E-state index is 0.866. The smallest absolute Gasteiger partial charge is 0.00209 e. The second kappa shape index (κ2) is 6.52. The van der Waals surface area contributed by atoms with E-state index < -0.39 is 0 Å². The SMILES string of the molecule is CCC1CCC(CNC)C(CC(C)C)C1. The highest BCUT2D eigenvalue weighted by Crippen LogP contribution is 2.38. The third-order valence-corrected chi connectivity index (χ3v) is 4.07. The van der Waals surface area contributed by atoms with Gasteiger partial charge < -0.3 is 5.32 Å². The zero-order valence-corrected chi connectivity index (χ0v) is 11.1. The van der Waals surface area contributed by atoms with Gasteiger partial charge in [-0.1, -0.05) is 33.6 Å². The van der Waals surface area contributed by atoms with Crippen LogP contribution in [0.2, 0.25) is 0 Å². The van der Waals surface area contributed by atoms with Crippen molar-refractivity contribution in [2.75, 3.05) is 13.6 Å². The van der Waals surface area contributed by atoms with E-state index in [2.05, 4.69) is 33.1 Å². The van der Waals surface area contributed by atoms with E-state index in [0.717, 1.165) is 23.7 Å². The Bertz CT molecular complexity index is 165. The summed E-state index contributed by atoms with van der Waals surface area (Å²) in [6.45, 7) is 8.32. The van der Waals surface area contributed by atoms with E-state index in [-0.39, 0.29) is 0 Å². The second-order valence-electron chi connectivity index (χ2n) is 5.79. The molecule has 15 heavy (non-hydrogen) atoms. The van der Waals surface area contributed by atoms with E-state index in [9.17, 15) is 0 Å². The molecular weight excluding hydrogens is 182 g/mol. The van der Waals surface area contributed by atoms with Gasteiger partial charge in [0.05, 0.1) is 0 Å². The van der Waals surface area contributed by atoms with Gasteiger partial charge in [0.2, 0.25) is 0 Å². The molecule has 1 N–H and O–H groups in total. The predicted molar refractivity (Wildman–Crippen MR) is 68.0 cm³/mol. The molecule has 0 aromatic heterocycles. The van der Waals surface area contributed by atoms with Gasteiger partial charge in [-0.15, -0.1) is 0 Å². The van der Waals surface area contributed by atoms with E-state index in [1.807, 2.05) is 0 Å². The van der Waals surface area contributed by atoms with Crippen LogP contribution in [0.5, 0.6) is 0 Å². The Labute approximate surface area is 96.0 Å². The Kier molecular flexibility index (Phi) is 5.66. The van der Waals surface area contributed by atoms with Crippen LogP contribution < -0.4 is 5.32 Å². The fourth-order valence-corrected chi connectivity index (χ4v) is 3.22. The highest BCUT2D eigenvalue weighted by atomic mass is 14.8. The second-order valence-corrected chi connectivity index (χ2v) is 5.79. The normalized spacial score (nSPS) is 32.2. The average Bonchev–Trinajstić information content (AvgIpc) is 2.20. The molecular formula is C14H29N. The van der Waals surface area contributed by atoms with Crippen molar-refractivity contribution in [2.45, 2.75) is 52.9 Å². The molecule has 3 atom stereocenters. The summed E-state index contributed by atoms with van der Waals surface area (Å²) in [7, 11) is 2.10. The maximum absolute atomic E-state index is 3.37. The summed E-state index contributed by atoms with van der Waals surface area (Å²) >= 11 is 0. The Morgan fingerprint density at radius 1 is 1.20 bits per heavy atom. The Hall–Kier alpha value is -0.0400. The predicted octanol–water partition coefficient (Wildman–Crippen LogP) is 3.69. The fourth-order valence-electron chi connectivity index (χ4n) is 3.22. The summed E-state index contributed by atoms with van der Waals surface area (Å²) in [5.74, 6) is 3.81. The topological polar surface area (TPSA) is 12.0 Å². The first-order valence-electron chi connectivity index (χ1n) is 6.81. The van der Waals surface area contributed by atoms with Crippen LogP contribution in [0, 0.1) is 23.7 Å². The van der Waals surface area contributed by atoms with E-state index in [4.69, 9.17) is 0 Å². The molecule has 1 heteroatoms. The van der Waals surface area contributed by atoms with Crippen LogP contribution in [0.25, 0.3) is 0 Å².